The number of piperidine rings is 1. The van der Waals surface area contributed by atoms with Gasteiger partial charge < -0.3 is 14.6 Å². The second-order valence-electron chi connectivity index (χ2n) is 6.52. The van der Waals surface area contributed by atoms with Crippen LogP contribution in [0.3, 0.4) is 0 Å². The lowest BCUT2D eigenvalue weighted by Crippen LogP contribution is -2.42. The van der Waals surface area contributed by atoms with Crippen molar-refractivity contribution < 1.29 is 9.53 Å². The van der Waals surface area contributed by atoms with Gasteiger partial charge in [0.15, 0.2) is 0 Å². The normalized spacial score (nSPS) is 19.4. The van der Waals surface area contributed by atoms with E-state index in [-0.39, 0.29) is 17.6 Å². The van der Waals surface area contributed by atoms with Crippen molar-refractivity contribution in [2.45, 2.75) is 52.1 Å². The Morgan fingerprint density at radius 1 is 1.48 bits per heavy atom. The zero-order chi connectivity index (χ0) is 15.6. The van der Waals surface area contributed by atoms with Crippen LogP contribution in [0.4, 0.5) is 4.79 Å². The van der Waals surface area contributed by atoms with Gasteiger partial charge in [0.05, 0.1) is 5.69 Å². The number of hydrogen-bond donors (Lipinski definition) is 1. The van der Waals surface area contributed by atoms with Crippen LogP contribution in [0.15, 0.2) is 10.9 Å². The summed E-state index contributed by atoms with van der Waals surface area (Å²) in [7, 11) is 0. The number of rotatable bonds is 1. The van der Waals surface area contributed by atoms with Gasteiger partial charge in [0.25, 0.3) is 5.56 Å². The number of carbonyl (C=O) groups excluding carboxylic acids is 1. The Kier molecular flexibility index (Phi) is 4.34. The van der Waals surface area contributed by atoms with E-state index in [1.807, 2.05) is 20.8 Å². The molecule has 0 spiro atoms. The summed E-state index contributed by atoms with van der Waals surface area (Å²) in [6, 6.07) is 1.52. The van der Waals surface area contributed by atoms with E-state index in [2.05, 4.69) is 9.97 Å². The fraction of sp³-hybridized carbons (Fsp3) is 0.667. The number of hydrogen-bond acceptors (Lipinski definition) is 4. The molecule has 1 fully saturated rings. The molecule has 1 aromatic rings. The fourth-order valence-electron chi connectivity index (χ4n) is 2.52. The third-order valence-corrected chi connectivity index (χ3v) is 3.37. The zero-order valence-electron chi connectivity index (χ0n) is 13.1. The number of nitrogens with zero attached hydrogens (tertiary/aromatic N) is 2. The monoisotopic (exact) mass is 293 g/mol. The zero-order valence-corrected chi connectivity index (χ0v) is 13.1. The van der Waals surface area contributed by atoms with Crippen LogP contribution in [0.2, 0.25) is 0 Å². The summed E-state index contributed by atoms with van der Waals surface area (Å²) in [6.45, 7) is 8.56. The molecule has 0 aliphatic carbocycles. The first-order valence-electron chi connectivity index (χ1n) is 7.30. The van der Waals surface area contributed by atoms with Gasteiger partial charge in [-0.15, -0.1) is 0 Å². The summed E-state index contributed by atoms with van der Waals surface area (Å²) in [6.07, 6.45) is 1.51. The fourth-order valence-corrected chi connectivity index (χ4v) is 2.52. The number of aromatic amines is 1. The summed E-state index contributed by atoms with van der Waals surface area (Å²) >= 11 is 0. The van der Waals surface area contributed by atoms with Crippen LogP contribution in [0.1, 0.15) is 51.0 Å². The highest BCUT2D eigenvalue weighted by atomic mass is 16.6. The predicted molar refractivity (Wildman–Crippen MR) is 79.4 cm³/mol. The standard InChI is InChI=1S/C15H23N3O3/c1-10-16-12(8-13(19)17-10)11-6-5-7-18(9-11)14(20)21-15(2,3)4/h8,11H,5-7,9H2,1-4H3,(H,16,17,19)/t11-/m1/s1. The molecule has 1 atom stereocenters. The third kappa shape index (κ3) is 4.31. The summed E-state index contributed by atoms with van der Waals surface area (Å²) in [5.41, 5.74) is 0.111. The quantitative estimate of drug-likeness (QED) is 0.861. The van der Waals surface area contributed by atoms with Gasteiger partial charge in [0.2, 0.25) is 0 Å². The van der Waals surface area contributed by atoms with E-state index < -0.39 is 5.60 Å². The van der Waals surface area contributed by atoms with Gasteiger partial charge in [-0.1, -0.05) is 0 Å². The van der Waals surface area contributed by atoms with Crippen molar-refractivity contribution in [1.29, 1.82) is 0 Å². The van der Waals surface area contributed by atoms with Crippen molar-refractivity contribution in [2.24, 2.45) is 0 Å². The molecule has 2 heterocycles. The second kappa shape index (κ2) is 5.87. The maximum absolute atomic E-state index is 12.1. The van der Waals surface area contributed by atoms with Crippen LogP contribution in [0, 0.1) is 6.92 Å². The largest absolute Gasteiger partial charge is 0.444 e. The average molecular weight is 293 g/mol. The molecule has 116 valence electrons. The van der Waals surface area contributed by atoms with Crippen LogP contribution in [-0.4, -0.2) is 39.7 Å². The Bertz CT molecular complexity index is 574. The first-order valence-corrected chi connectivity index (χ1v) is 7.30. The first kappa shape index (κ1) is 15.5. The summed E-state index contributed by atoms with van der Waals surface area (Å²) in [5.74, 6) is 0.694. The minimum Gasteiger partial charge on any atom is -0.444 e. The Labute approximate surface area is 124 Å². The lowest BCUT2D eigenvalue weighted by molar-refractivity contribution is 0.0197. The molecule has 1 saturated heterocycles. The lowest BCUT2D eigenvalue weighted by Gasteiger charge is -2.33. The van der Waals surface area contributed by atoms with Gasteiger partial charge in [-0.2, -0.15) is 0 Å². The Morgan fingerprint density at radius 2 is 2.19 bits per heavy atom. The number of H-pyrrole nitrogens is 1. The highest BCUT2D eigenvalue weighted by molar-refractivity contribution is 5.68. The lowest BCUT2D eigenvalue weighted by atomic mass is 9.95. The average Bonchev–Trinajstić information content (AvgIpc) is 2.36. The molecular weight excluding hydrogens is 270 g/mol. The number of aromatic nitrogens is 2. The van der Waals surface area contributed by atoms with Crippen LogP contribution in [0.25, 0.3) is 0 Å². The van der Waals surface area contributed by atoms with Crippen LogP contribution < -0.4 is 5.56 Å². The predicted octanol–water partition coefficient (Wildman–Crippen LogP) is 2.19. The highest BCUT2D eigenvalue weighted by Crippen LogP contribution is 2.26. The molecule has 21 heavy (non-hydrogen) atoms. The minimum absolute atomic E-state index is 0.0901. The van der Waals surface area contributed by atoms with Gasteiger partial charge in [0.1, 0.15) is 11.4 Å². The third-order valence-electron chi connectivity index (χ3n) is 3.37. The molecule has 1 amide bonds. The molecule has 1 aliphatic rings. The molecule has 1 N–H and O–H groups in total. The summed E-state index contributed by atoms with van der Waals surface area (Å²) in [5, 5.41) is 0. The molecular formula is C15H23N3O3. The van der Waals surface area contributed by atoms with Crippen molar-refractivity contribution in [2.75, 3.05) is 13.1 Å². The number of carbonyl (C=O) groups is 1. The van der Waals surface area contributed by atoms with Gasteiger partial charge >= 0.3 is 6.09 Å². The smallest absolute Gasteiger partial charge is 0.410 e. The number of aryl methyl sites for hydroxylation is 1. The van der Waals surface area contributed by atoms with E-state index in [0.717, 1.165) is 18.5 Å². The van der Waals surface area contributed by atoms with E-state index in [1.54, 1.807) is 11.8 Å². The first-order chi connectivity index (χ1) is 9.74. The SMILES string of the molecule is Cc1nc([C@@H]2CCCN(C(=O)OC(C)(C)C)C2)cc(=O)[nH]1. The number of amides is 1. The van der Waals surface area contributed by atoms with Crippen molar-refractivity contribution in [3.63, 3.8) is 0 Å². The summed E-state index contributed by atoms with van der Waals surface area (Å²) in [4.78, 5) is 32.4. The van der Waals surface area contributed by atoms with E-state index in [9.17, 15) is 9.59 Å². The van der Waals surface area contributed by atoms with Crippen LogP contribution >= 0.6 is 0 Å². The van der Waals surface area contributed by atoms with E-state index in [1.165, 1.54) is 6.07 Å². The van der Waals surface area contributed by atoms with E-state index >= 15 is 0 Å². The minimum atomic E-state index is -0.497. The summed E-state index contributed by atoms with van der Waals surface area (Å²) < 4.78 is 5.41. The van der Waals surface area contributed by atoms with Crippen molar-refractivity contribution in [3.8, 4) is 0 Å². The van der Waals surface area contributed by atoms with Crippen LogP contribution in [-0.2, 0) is 4.74 Å². The van der Waals surface area contributed by atoms with Gasteiger partial charge in [-0.25, -0.2) is 9.78 Å². The molecule has 6 nitrogen and oxygen atoms in total. The van der Waals surface area contributed by atoms with Crippen LogP contribution in [0.5, 0.6) is 0 Å². The van der Waals surface area contributed by atoms with Crippen molar-refractivity contribution >= 4 is 6.09 Å². The maximum Gasteiger partial charge on any atom is 0.410 e. The molecule has 0 unspecified atom stereocenters. The molecule has 0 radical (unpaired) electrons. The van der Waals surface area contributed by atoms with Crippen molar-refractivity contribution in [3.05, 3.63) is 27.9 Å². The van der Waals surface area contributed by atoms with Gasteiger partial charge in [-0.05, 0) is 40.5 Å². The van der Waals surface area contributed by atoms with E-state index in [0.29, 0.717) is 18.9 Å². The molecule has 1 aromatic heterocycles. The van der Waals surface area contributed by atoms with Gasteiger partial charge in [-0.3, -0.25) is 4.79 Å². The van der Waals surface area contributed by atoms with Gasteiger partial charge in [0, 0.05) is 25.1 Å². The number of nitrogens with one attached hydrogen (secondary N) is 1. The second-order valence-corrected chi connectivity index (χ2v) is 6.52. The Balaban J connectivity index is 2.10. The molecule has 1 aliphatic heterocycles. The molecule has 0 saturated carbocycles. The molecule has 0 bridgehead atoms. The van der Waals surface area contributed by atoms with Crippen molar-refractivity contribution in [1.82, 2.24) is 14.9 Å². The molecule has 0 aromatic carbocycles. The van der Waals surface area contributed by atoms with E-state index in [4.69, 9.17) is 4.74 Å². The highest BCUT2D eigenvalue weighted by Gasteiger charge is 2.29. The molecule has 2 rings (SSSR count). The number of likely N-dealkylation sites (tertiary alicyclic amines) is 1. The Hall–Kier alpha value is -1.85. The maximum atomic E-state index is 12.1. The topological polar surface area (TPSA) is 75.3 Å². The molecule has 6 heteroatoms. The number of ether oxygens (including phenoxy) is 1. The Morgan fingerprint density at radius 3 is 2.81 bits per heavy atom.